The first-order chi connectivity index (χ1) is 11.5. The van der Waals surface area contributed by atoms with Crippen molar-refractivity contribution in [3.8, 4) is 0 Å². The lowest BCUT2D eigenvalue weighted by Crippen LogP contribution is -2.27. The van der Waals surface area contributed by atoms with Crippen molar-refractivity contribution in [2.24, 2.45) is 0 Å². The standard InChI is InChI=1S/C18H15Cl2FN2O/c19-13-3-5-14(6-4-13)23-17(24)12-7-9-18(21,10-8-12)16-15(20)2-1-11-22-16/h1-7,11H,8-10H2,(H,23,24)/t18-/m0/s1. The second-order valence-electron chi connectivity index (χ2n) is 5.69. The molecule has 124 valence electrons. The average Bonchev–Trinajstić information content (AvgIpc) is 2.58. The summed E-state index contributed by atoms with van der Waals surface area (Å²) in [5.74, 6) is -0.230. The highest BCUT2D eigenvalue weighted by Gasteiger charge is 2.37. The summed E-state index contributed by atoms with van der Waals surface area (Å²) in [5, 5.41) is 3.69. The fraction of sp³-hybridized carbons (Fsp3) is 0.222. The quantitative estimate of drug-likeness (QED) is 0.802. The third kappa shape index (κ3) is 3.60. The number of hydrogen-bond donors (Lipinski definition) is 1. The molecule has 0 bridgehead atoms. The van der Waals surface area contributed by atoms with Crippen LogP contribution in [0.2, 0.25) is 10.0 Å². The van der Waals surface area contributed by atoms with E-state index in [-0.39, 0.29) is 24.4 Å². The number of carbonyl (C=O) groups excluding carboxylic acids is 1. The van der Waals surface area contributed by atoms with E-state index in [0.717, 1.165) is 0 Å². The molecule has 1 aromatic carbocycles. The molecule has 3 rings (SSSR count). The van der Waals surface area contributed by atoms with Gasteiger partial charge in [0, 0.05) is 28.9 Å². The Balaban J connectivity index is 1.72. The number of nitrogens with zero attached hydrogens (tertiary/aromatic N) is 1. The summed E-state index contributed by atoms with van der Waals surface area (Å²) in [5.41, 5.74) is -0.192. The molecule has 1 amide bonds. The molecule has 1 aromatic heterocycles. The van der Waals surface area contributed by atoms with Crippen molar-refractivity contribution in [2.75, 3.05) is 5.32 Å². The van der Waals surface area contributed by atoms with Crippen molar-refractivity contribution in [3.63, 3.8) is 0 Å². The Kier molecular flexibility index (Phi) is 4.88. The van der Waals surface area contributed by atoms with Crippen LogP contribution in [0, 0.1) is 0 Å². The molecule has 1 aliphatic carbocycles. The lowest BCUT2D eigenvalue weighted by atomic mass is 9.84. The lowest BCUT2D eigenvalue weighted by molar-refractivity contribution is -0.113. The molecule has 0 spiro atoms. The Labute approximate surface area is 149 Å². The largest absolute Gasteiger partial charge is 0.322 e. The van der Waals surface area contributed by atoms with Gasteiger partial charge in [0.1, 0.15) is 0 Å². The van der Waals surface area contributed by atoms with Gasteiger partial charge >= 0.3 is 0 Å². The first-order valence-corrected chi connectivity index (χ1v) is 8.29. The van der Waals surface area contributed by atoms with Gasteiger partial charge in [0.25, 0.3) is 5.91 Å². The van der Waals surface area contributed by atoms with Gasteiger partial charge in [-0.25, -0.2) is 4.39 Å². The second kappa shape index (κ2) is 6.91. The Morgan fingerprint density at radius 3 is 2.58 bits per heavy atom. The summed E-state index contributed by atoms with van der Waals surface area (Å²) >= 11 is 11.9. The zero-order chi connectivity index (χ0) is 17.2. The highest BCUT2D eigenvalue weighted by Crippen LogP contribution is 2.41. The number of rotatable bonds is 3. The molecule has 0 fully saturated rings. The van der Waals surface area contributed by atoms with Gasteiger partial charge in [0.2, 0.25) is 0 Å². The molecule has 0 unspecified atom stereocenters. The maximum absolute atomic E-state index is 15.1. The summed E-state index contributed by atoms with van der Waals surface area (Å²) in [6.07, 6.45) is 3.72. The molecule has 3 nitrogen and oxygen atoms in total. The molecule has 1 aliphatic rings. The molecule has 24 heavy (non-hydrogen) atoms. The van der Waals surface area contributed by atoms with Gasteiger partial charge < -0.3 is 5.32 Å². The monoisotopic (exact) mass is 364 g/mol. The van der Waals surface area contributed by atoms with Crippen molar-refractivity contribution in [2.45, 2.75) is 24.9 Å². The van der Waals surface area contributed by atoms with Gasteiger partial charge in [-0.1, -0.05) is 29.3 Å². The fourth-order valence-electron chi connectivity index (χ4n) is 2.70. The predicted octanol–water partition coefficient (Wildman–Crippen LogP) is 5.30. The molecule has 0 saturated heterocycles. The van der Waals surface area contributed by atoms with Crippen molar-refractivity contribution in [1.29, 1.82) is 0 Å². The van der Waals surface area contributed by atoms with Crippen LogP contribution in [0.25, 0.3) is 0 Å². The van der Waals surface area contributed by atoms with Crippen LogP contribution >= 0.6 is 23.2 Å². The number of hydrogen-bond acceptors (Lipinski definition) is 2. The number of aromatic nitrogens is 1. The van der Waals surface area contributed by atoms with E-state index in [0.29, 0.717) is 27.7 Å². The zero-order valence-electron chi connectivity index (χ0n) is 12.7. The van der Waals surface area contributed by atoms with E-state index < -0.39 is 5.67 Å². The van der Waals surface area contributed by atoms with E-state index in [1.807, 2.05) is 0 Å². The summed E-state index contributed by atoms with van der Waals surface area (Å²) < 4.78 is 15.1. The van der Waals surface area contributed by atoms with Gasteiger partial charge in [-0.15, -0.1) is 0 Å². The van der Waals surface area contributed by atoms with E-state index >= 15 is 4.39 Å². The van der Waals surface area contributed by atoms with Crippen LogP contribution in [0.5, 0.6) is 0 Å². The number of pyridine rings is 1. The lowest BCUT2D eigenvalue weighted by Gasteiger charge is -2.28. The van der Waals surface area contributed by atoms with Crippen LogP contribution in [0.1, 0.15) is 25.0 Å². The van der Waals surface area contributed by atoms with Crippen LogP contribution in [0.15, 0.2) is 54.2 Å². The topological polar surface area (TPSA) is 42.0 Å². The maximum atomic E-state index is 15.1. The third-order valence-corrected chi connectivity index (χ3v) is 4.60. The van der Waals surface area contributed by atoms with Gasteiger partial charge in [-0.05, 0) is 49.2 Å². The van der Waals surface area contributed by atoms with Gasteiger partial charge in [0.05, 0.1) is 10.7 Å². The van der Waals surface area contributed by atoms with Crippen molar-refractivity contribution < 1.29 is 9.18 Å². The van der Waals surface area contributed by atoms with Gasteiger partial charge in [-0.3, -0.25) is 9.78 Å². The molecule has 6 heteroatoms. The van der Waals surface area contributed by atoms with Gasteiger partial charge in [-0.2, -0.15) is 0 Å². The minimum absolute atomic E-state index is 0.0765. The van der Waals surface area contributed by atoms with Crippen LogP contribution in [0.3, 0.4) is 0 Å². The average molecular weight is 365 g/mol. The highest BCUT2D eigenvalue weighted by atomic mass is 35.5. The second-order valence-corrected chi connectivity index (χ2v) is 6.54. The van der Waals surface area contributed by atoms with Crippen LogP contribution in [-0.4, -0.2) is 10.9 Å². The SMILES string of the molecule is O=C(Nc1ccc(Cl)cc1)C1=CC[C@@](F)(c2ncccc2Cl)CC1. The van der Waals surface area contributed by atoms with E-state index in [9.17, 15) is 4.79 Å². The number of benzene rings is 1. The number of anilines is 1. The number of carbonyl (C=O) groups is 1. The summed E-state index contributed by atoms with van der Waals surface area (Å²) in [6.45, 7) is 0. The van der Waals surface area contributed by atoms with E-state index in [4.69, 9.17) is 23.2 Å². The Morgan fingerprint density at radius 1 is 1.21 bits per heavy atom. The molecule has 1 atom stereocenters. The number of allylic oxidation sites excluding steroid dienone is 1. The zero-order valence-corrected chi connectivity index (χ0v) is 14.2. The summed E-state index contributed by atoms with van der Waals surface area (Å²) in [7, 11) is 0. The summed E-state index contributed by atoms with van der Waals surface area (Å²) in [4.78, 5) is 16.4. The molecular formula is C18H15Cl2FN2O. The van der Waals surface area contributed by atoms with Crippen molar-refractivity contribution >= 4 is 34.8 Å². The number of amides is 1. The molecule has 1 heterocycles. The predicted molar refractivity (Wildman–Crippen MR) is 94.0 cm³/mol. The number of alkyl halides is 1. The van der Waals surface area contributed by atoms with Crippen molar-refractivity contribution in [3.05, 3.63) is 70.0 Å². The minimum atomic E-state index is -1.64. The first-order valence-electron chi connectivity index (χ1n) is 7.54. The molecule has 0 radical (unpaired) electrons. The number of halogens is 3. The van der Waals surface area contributed by atoms with E-state index in [1.165, 1.54) is 6.20 Å². The van der Waals surface area contributed by atoms with Crippen LogP contribution in [-0.2, 0) is 10.5 Å². The smallest absolute Gasteiger partial charge is 0.251 e. The Morgan fingerprint density at radius 2 is 1.96 bits per heavy atom. The molecule has 1 N–H and O–H groups in total. The first kappa shape index (κ1) is 16.9. The molecule has 0 aliphatic heterocycles. The van der Waals surface area contributed by atoms with Crippen LogP contribution < -0.4 is 5.32 Å². The van der Waals surface area contributed by atoms with Crippen LogP contribution in [0.4, 0.5) is 10.1 Å². The molecular weight excluding hydrogens is 350 g/mol. The summed E-state index contributed by atoms with van der Waals surface area (Å²) in [6, 6.07) is 10.1. The Bertz CT molecular complexity index is 792. The van der Waals surface area contributed by atoms with Crippen molar-refractivity contribution in [1.82, 2.24) is 4.98 Å². The normalized spacial score (nSPS) is 20.4. The third-order valence-electron chi connectivity index (χ3n) is 4.04. The fourth-order valence-corrected chi connectivity index (χ4v) is 3.12. The minimum Gasteiger partial charge on any atom is -0.322 e. The number of nitrogens with one attached hydrogen (secondary N) is 1. The molecule has 2 aromatic rings. The molecule has 0 saturated carbocycles. The van der Waals surface area contributed by atoms with E-state index in [1.54, 1.807) is 42.5 Å². The Hall–Kier alpha value is -1.91. The van der Waals surface area contributed by atoms with Gasteiger partial charge in [0.15, 0.2) is 5.67 Å². The highest BCUT2D eigenvalue weighted by molar-refractivity contribution is 6.31. The maximum Gasteiger partial charge on any atom is 0.251 e. The van der Waals surface area contributed by atoms with E-state index in [2.05, 4.69) is 10.3 Å².